The van der Waals surface area contributed by atoms with E-state index in [4.69, 9.17) is 5.73 Å². The van der Waals surface area contributed by atoms with E-state index in [1.54, 1.807) is 14.1 Å². The van der Waals surface area contributed by atoms with E-state index >= 15 is 0 Å². The molecule has 222 valence electrons. The van der Waals surface area contributed by atoms with Crippen molar-refractivity contribution in [2.75, 3.05) is 33.1 Å². The van der Waals surface area contributed by atoms with Crippen LogP contribution in [0.2, 0.25) is 0 Å². The van der Waals surface area contributed by atoms with Gasteiger partial charge >= 0.3 is 0 Å². The first-order chi connectivity index (χ1) is 19.8. The summed E-state index contributed by atoms with van der Waals surface area (Å²) in [6.07, 6.45) is 0.271. The molecule has 2 aromatic rings. The Hall–Kier alpha value is -4.19. The SMILES string of the molecule is CN(C)c1cc(CNCc2ccccc2)c(O)c2c1C[C@H]1C[C@H]3[C@H](N(C)C)C(O)=C(C(N)=O)C(=O)[C@@]3(O)C(O)=C1C2=O. The molecule has 5 rings (SSSR count). The Morgan fingerprint density at radius 1 is 1.07 bits per heavy atom. The molecule has 0 saturated heterocycles. The fourth-order valence-electron chi connectivity index (χ4n) is 6.82. The van der Waals surface area contributed by atoms with Crippen LogP contribution in [-0.2, 0) is 29.1 Å². The number of rotatable bonds is 7. The van der Waals surface area contributed by atoms with Crippen LogP contribution in [0.3, 0.4) is 0 Å². The number of nitrogens with one attached hydrogen (secondary N) is 1. The molecule has 3 aliphatic rings. The molecule has 0 aromatic heterocycles. The van der Waals surface area contributed by atoms with Crippen molar-refractivity contribution in [3.05, 3.63) is 81.3 Å². The number of likely N-dealkylation sites (N-methyl/N-ethyl adjacent to an activating group) is 1. The molecule has 0 fully saturated rings. The Morgan fingerprint density at radius 2 is 1.74 bits per heavy atom. The lowest BCUT2D eigenvalue weighted by Gasteiger charge is -2.50. The van der Waals surface area contributed by atoms with E-state index in [2.05, 4.69) is 5.32 Å². The van der Waals surface area contributed by atoms with E-state index in [0.717, 1.165) is 11.3 Å². The van der Waals surface area contributed by atoms with Gasteiger partial charge in [-0.05, 0) is 50.0 Å². The van der Waals surface area contributed by atoms with Gasteiger partial charge in [0.25, 0.3) is 5.91 Å². The molecule has 0 saturated carbocycles. The zero-order chi connectivity index (χ0) is 30.7. The molecule has 0 unspecified atom stereocenters. The molecule has 4 atom stereocenters. The molecule has 7 N–H and O–H groups in total. The third-order valence-electron chi connectivity index (χ3n) is 8.75. The van der Waals surface area contributed by atoms with Crippen LogP contribution in [0.4, 0.5) is 5.69 Å². The van der Waals surface area contributed by atoms with E-state index in [-0.39, 0.29) is 36.3 Å². The summed E-state index contributed by atoms with van der Waals surface area (Å²) in [5.41, 5.74) is 4.55. The van der Waals surface area contributed by atoms with Crippen LogP contribution in [0.5, 0.6) is 5.75 Å². The number of aliphatic hydroxyl groups excluding tert-OH is 2. The van der Waals surface area contributed by atoms with Crippen LogP contribution in [0.25, 0.3) is 0 Å². The number of primary amides is 1. The number of hydrogen-bond donors (Lipinski definition) is 6. The standard InChI is InChI=1S/C31H36N4O7/c1-34(2)20-12-17(14-33-13-15-8-6-5-7-9-15)25(36)22-18(20)10-16-11-19-24(35(3)4)27(38)23(30(32)41)29(40)31(19,42)28(39)21(16)26(22)37/h5-9,12,16,19,24,33,36,38-39,42H,10-11,13-14H2,1-4H3,(H2,32,41)/t16-,19-,24-,31-/m0/s1. The molecule has 11 nitrogen and oxygen atoms in total. The van der Waals surface area contributed by atoms with Crippen molar-refractivity contribution in [2.45, 2.75) is 37.6 Å². The highest BCUT2D eigenvalue weighted by molar-refractivity contribution is 6.25. The predicted octanol–water partition coefficient (Wildman–Crippen LogP) is 1.48. The first-order valence-corrected chi connectivity index (χ1v) is 13.7. The van der Waals surface area contributed by atoms with Gasteiger partial charge in [-0.15, -0.1) is 0 Å². The summed E-state index contributed by atoms with van der Waals surface area (Å²) in [6.45, 7) is 0.778. The van der Waals surface area contributed by atoms with Gasteiger partial charge in [-0.2, -0.15) is 0 Å². The van der Waals surface area contributed by atoms with Crippen LogP contribution < -0.4 is 16.0 Å². The van der Waals surface area contributed by atoms with Crippen molar-refractivity contribution in [3.63, 3.8) is 0 Å². The summed E-state index contributed by atoms with van der Waals surface area (Å²) < 4.78 is 0. The van der Waals surface area contributed by atoms with Crippen LogP contribution in [0, 0.1) is 11.8 Å². The van der Waals surface area contributed by atoms with E-state index < -0.39 is 58.0 Å². The fraction of sp³-hybridized carbons (Fsp3) is 0.387. The third kappa shape index (κ3) is 4.36. The Morgan fingerprint density at radius 3 is 2.33 bits per heavy atom. The number of nitrogens with zero attached hydrogens (tertiary/aromatic N) is 2. The summed E-state index contributed by atoms with van der Waals surface area (Å²) in [6, 6.07) is 10.5. The average Bonchev–Trinajstić information content (AvgIpc) is 2.92. The Kier molecular flexibility index (Phi) is 7.38. The number of phenolic OH excluding ortho intramolecular Hbond substituents is 1. The number of phenols is 1. The summed E-state index contributed by atoms with van der Waals surface area (Å²) in [4.78, 5) is 43.2. The smallest absolute Gasteiger partial charge is 0.255 e. The molecule has 0 heterocycles. The number of allylic oxidation sites excluding steroid dienone is 1. The van der Waals surface area contributed by atoms with E-state index in [9.17, 15) is 34.8 Å². The average molecular weight is 577 g/mol. The number of nitrogens with two attached hydrogens (primary N) is 1. The maximum atomic E-state index is 14.1. The molecule has 0 spiro atoms. The number of ketones is 2. The van der Waals surface area contributed by atoms with Gasteiger partial charge in [0, 0.05) is 49.9 Å². The molecule has 0 aliphatic heterocycles. The normalized spacial score (nSPS) is 25.3. The minimum atomic E-state index is -2.67. The minimum absolute atomic E-state index is 0.00140. The van der Waals surface area contributed by atoms with Gasteiger partial charge in [0.05, 0.1) is 11.6 Å². The zero-order valence-electron chi connectivity index (χ0n) is 24.0. The molecule has 0 bridgehead atoms. The van der Waals surface area contributed by atoms with Gasteiger partial charge in [-0.1, -0.05) is 30.3 Å². The monoisotopic (exact) mass is 576 g/mol. The number of anilines is 1. The topological polar surface area (TPSA) is 177 Å². The number of Topliss-reactive ketones (excluding diaryl/α,β-unsaturated/α-hetero) is 2. The number of aromatic hydroxyl groups is 1. The zero-order valence-corrected chi connectivity index (χ0v) is 24.0. The number of fused-ring (bicyclic) bond motifs is 3. The van der Waals surface area contributed by atoms with E-state index in [0.29, 0.717) is 17.7 Å². The highest BCUT2D eigenvalue weighted by Gasteiger charge is 2.63. The van der Waals surface area contributed by atoms with Crippen molar-refractivity contribution in [1.29, 1.82) is 0 Å². The molecule has 42 heavy (non-hydrogen) atoms. The maximum Gasteiger partial charge on any atom is 0.255 e. The Labute approximate surface area is 243 Å². The second kappa shape index (κ2) is 10.6. The quantitative estimate of drug-likeness (QED) is 0.265. The highest BCUT2D eigenvalue weighted by atomic mass is 16.3. The predicted molar refractivity (Wildman–Crippen MR) is 155 cm³/mol. The van der Waals surface area contributed by atoms with E-state index in [1.807, 2.05) is 55.4 Å². The molecule has 3 aliphatic carbocycles. The third-order valence-corrected chi connectivity index (χ3v) is 8.75. The van der Waals surface area contributed by atoms with Crippen molar-refractivity contribution in [3.8, 4) is 5.75 Å². The van der Waals surface area contributed by atoms with Crippen LogP contribution in [-0.4, -0.2) is 82.6 Å². The molecule has 2 aromatic carbocycles. The number of amides is 1. The lowest BCUT2D eigenvalue weighted by atomic mass is 9.58. The van der Waals surface area contributed by atoms with Crippen molar-refractivity contribution in [1.82, 2.24) is 10.2 Å². The number of hydrogen-bond acceptors (Lipinski definition) is 10. The van der Waals surface area contributed by atoms with Gasteiger partial charge in [0.1, 0.15) is 22.8 Å². The fourth-order valence-corrected chi connectivity index (χ4v) is 6.82. The van der Waals surface area contributed by atoms with Crippen LogP contribution in [0.15, 0.2) is 59.1 Å². The van der Waals surface area contributed by atoms with Gasteiger partial charge in [0.2, 0.25) is 5.78 Å². The Balaban J connectivity index is 1.61. The van der Waals surface area contributed by atoms with E-state index in [1.165, 1.54) is 4.90 Å². The maximum absolute atomic E-state index is 14.1. The Bertz CT molecular complexity index is 1550. The first kappa shape index (κ1) is 29.3. The summed E-state index contributed by atoms with van der Waals surface area (Å²) in [7, 11) is 6.86. The highest BCUT2D eigenvalue weighted by Crippen LogP contribution is 2.53. The number of carbonyl (C=O) groups is 3. The minimum Gasteiger partial charge on any atom is -0.510 e. The number of carbonyl (C=O) groups excluding carboxylic acids is 3. The molecule has 1 amide bonds. The number of aliphatic hydroxyl groups is 3. The summed E-state index contributed by atoms with van der Waals surface area (Å²) >= 11 is 0. The molecule has 0 radical (unpaired) electrons. The largest absolute Gasteiger partial charge is 0.510 e. The molecule has 11 heteroatoms. The van der Waals surface area contributed by atoms with Crippen molar-refractivity contribution < 1.29 is 34.8 Å². The van der Waals surface area contributed by atoms with Gasteiger partial charge in [-0.25, -0.2) is 0 Å². The molecular formula is C31H36N4O7. The van der Waals surface area contributed by atoms with Crippen LogP contribution >= 0.6 is 0 Å². The number of benzene rings is 2. The summed E-state index contributed by atoms with van der Waals surface area (Å²) in [5.74, 6) is -6.62. The second-order valence-electron chi connectivity index (χ2n) is 11.7. The summed E-state index contributed by atoms with van der Waals surface area (Å²) in [5, 5.41) is 48.9. The van der Waals surface area contributed by atoms with Gasteiger partial charge in [-0.3, -0.25) is 19.3 Å². The molecular weight excluding hydrogens is 540 g/mol. The lowest BCUT2D eigenvalue weighted by molar-refractivity contribution is -0.148. The van der Waals surface area contributed by atoms with Crippen molar-refractivity contribution in [2.24, 2.45) is 17.6 Å². The van der Waals surface area contributed by atoms with Crippen molar-refractivity contribution >= 4 is 23.2 Å². The van der Waals surface area contributed by atoms with Gasteiger partial charge in [0.15, 0.2) is 11.4 Å². The second-order valence-corrected chi connectivity index (χ2v) is 11.7. The lowest BCUT2D eigenvalue weighted by Crippen LogP contribution is -2.63. The van der Waals surface area contributed by atoms with Gasteiger partial charge < -0.3 is 36.4 Å². The van der Waals surface area contributed by atoms with Crippen LogP contribution in [0.1, 0.15) is 33.5 Å². The first-order valence-electron chi connectivity index (χ1n) is 13.7.